The summed E-state index contributed by atoms with van der Waals surface area (Å²) < 4.78 is 5.34. The Balaban J connectivity index is 1.29. The van der Waals surface area contributed by atoms with Crippen LogP contribution in [0.1, 0.15) is 32.2 Å². The van der Waals surface area contributed by atoms with Crippen LogP contribution in [0, 0.1) is 0 Å². The summed E-state index contributed by atoms with van der Waals surface area (Å²) in [6.07, 6.45) is 5.98. The number of carbonyl (C=O) groups excluding carboxylic acids is 3. The lowest BCUT2D eigenvalue weighted by Crippen LogP contribution is -2.26. The second-order valence-electron chi connectivity index (χ2n) is 7.22. The Morgan fingerprint density at radius 1 is 1.06 bits per heavy atom. The lowest BCUT2D eigenvalue weighted by atomic mass is 10.1. The van der Waals surface area contributed by atoms with Crippen molar-refractivity contribution < 1.29 is 19.1 Å². The number of H-pyrrole nitrogens is 2. The van der Waals surface area contributed by atoms with Gasteiger partial charge in [-0.1, -0.05) is 6.07 Å². The van der Waals surface area contributed by atoms with Crippen molar-refractivity contribution in [2.24, 2.45) is 0 Å². The number of imidazole rings is 1. The molecule has 33 heavy (non-hydrogen) atoms. The van der Waals surface area contributed by atoms with Crippen LogP contribution in [0.5, 0.6) is 5.75 Å². The highest BCUT2D eigenvalue weighted by atomic mass is 16.5. The zero-order chi connectivity index (χ0) is 22.8. The molecule has 0 aliphatic carbocycles. The molecule has 1 aromatic carbocycles. The molecule has 3 amide bonds. The van der Waals surface area contributed by atoms with E-state index in [1.807, 2.05) is 0 Å². The molecule has 4 aromatic rings. The Morgan fingerprint density at radius 2 is 1.94 bits per heavy atom. The molecule has 12 nitrogen and oxygen atoms in total. The van der Waals surface area contributed by atoms with E-state index in [9.17, 15) is 14.4 Å². The molecule has 0 atom stereocenters. The fourth-order valence-corrected chi connectivity index (χ4v) is 3.44. The Bertz CT molecular complexity index is 1360. The summed E-state index contributed by atoms with van der Waals surface area (Å²) >= 11 is 0. The number of fused-ring (bicyclic) bond motifs is 2. The van der Waals surface area contributed by atoms with Crippen LogP contribution in [0.2, 0.25) is 0 Å². The van der Waals surface area contributed by atoms with Crippen LogP contribution < -0.4 is 20.7 Å². The van der Waals surface area contributed by atoms with Gasteiger partial charge < -0.3 is 30.7 Å². The molecule has 166 valence electrons. The second kappa shape index (κ2) is 8.42. The molecule has 0 saturated carbocycles. The van der Waals surface area contributed by atoms with Gasteiger partial charge in [0, 0.05) is 25.1 Å². The first-order valence-electron chi connectivity index (χ1n) is 10.0. The average molecular weight is 446 g/mol. The van der Waals surface area contributed by atoms with Gasteiger partial charge in [0.2, 0.25) is 0 Å². The maximum absolute atomic E-state index is 12.8. The average Bonchev–Trinajstić information content (AvgIpc) is 3.50. The second-order valence-corrected chi connectivity index (χ2v) is 7.22. The van der Waals surface area contributed by atoms with Crippen molar-refractivity contribution in [3.63, 3.8) is 0 Å². The smallest absolute Gasteiger partial charge is 0.272 e. The first-order chi connectivity index (χ1) is 16.1. The van der Waals surface area contributed by atoms with Crippen LogP contribution in [0.3, 0.4) is 0 Å². The maximum atomic E-state index is 12.8. The van der Waals surface area contributed by atoms with Crippen LogP contribution in [-0.2, 0) is 17.9 Å². The molecule has 3 aromatic heterocycles. The Hall–Kier alpha value is -4.74. The monoisotopic (exact) mass is 446 g/mol. The highest BCUT2D eigenvalue weighted by Crippen LogP contribution is 2.28. The van der Waals surface area contributed by atoms with E-state index in [2.05, 4.69) is 40.9 Å². The number of rotatable bonds is 6. The van der Waals surface area contributed by atoms with Gasteiger partial charge in [0.1, 0.15) is 23.4 Å². The van der Waals surface area contributed by atoms with E-state index < -0.39 is 5.91 Å². The van der Waals surface area contributed by atoms with E-state index in [0.717, 1.165) is 5.56 Å². The first kappa shape index (κ1) is 20.2. The van der Waals surface area contributed by atoms with E-state index in [0.29, 0.717) is 33.9 Å². The number of benzene rings is 1. The van der Waals surface area contributed by atoms with E-state index >= 15 is 0 Å². The van der Waals surface area contributed by atoms with Gasteiger partial charge in [-0.25, -0.2) is 15.0 Å². The number of anilines is 1. The van der Waals surface area contributed by atoms with Gasteiger partial charge in [-0.3, -0.25) is 14.4 Å². The van der Waals surface area contributed by atoms with Crippen molar-refractivity contribution in [3.05, 3.63) is 65.8 Å². The zero-order valence-corrected chi connectivity index (χ0v) is 17.1. The zero-order valence-electron chi connectivity index (χ0n) is 17.1. The molecule has 1 aliphatic rings. The number of hydrogen-bond acceptors (Lipinski definition) is 7. The number of hydrogen-bond donors (Lipinski definition) is 5. The van der Waals surface area contributed by atoms with E-state index in [1.54, 1.807) is 30.6 Å². The van der Waals surface area contributed by atoms with Gasteiger partial charge in [0.25, 0.3) is 17.7 Å². The van der Waals surface area contributed by atoms with Gasteiger partial charge >= 0.3 is 0 Å². The Kier molecular flexibility index (Phi) is 5.15. The number of amides is 3. The molecular weight excluding hydrogens is 428 g/mol. The molecule has 0 bridgehead atoms. The lowest BCUT2D eigenvalue weighted by Gasteiger charge is -2.18. The van der Waals surface area contributed by atoms with Crippen LogP contribution in [0.4, 0.5) is 5.69 Å². The Morgan fingerprint density at radius 3 is 2.79 bits per heavy atom. The van der Waals surface area contributed by atoms with Crippen molar-refractivity contribution in [1.82, 2.24) is 35.6 Å². The van der Waals surface area contributed by atoms with E-state index in [1.165, 1.54) is 12.5 Å². The number of nitrogens with one attached hydrogen (secondary N) is 5. The normalized spacial score (nSPS) is 12.5. The molecule has 12 heteroatoms. The Labute approximate surface area is 186 Å². The van der Waals surface area contributed by atoms with Crippen LogP contribution in [0.25, 0.3) is 11.0 Å². The highest BCUT2D eigenvalue weighted by Gasteiger charge is 2.20. The molecule has 0 unspecified atom stereocenters. The molecule has 1 aliphatic heterocycles. The maximum Gasteiger partial charge on any atom is 0.272 e. The van der Waals surface area contributed by atoms with Gasteiger partial charge in [0.15, 0.2) is 12.3 Å². The largest absolute Gasteiger partial charge is 0.482 e. The fraction of sp³-hybridized carbons (Fsp3) is 0.143. The molecular formula is C21H18N8O4. The summed E-state index contributed by atoms with van der Waals surface area (Å²) in [6, 6.07) is 5.26. The molecule has 0 radical (unpaired) electrons. The minimum atomic E-state index is -0.440. The number of aromatic nitrogens is 5. The van der Waals surface area contributed by atoms with Crippen molar-refractivity contribution in [2.75, 3.05) is 11.9 Å². The third kappa shape index (κ3) is 4.08. The molecule has 0 saturated heterocycles. The lowest BCUT2D eigenvalue weighted by molar-refractivity contribution is -0.118. The predicted octanol–water partition coefficient (Wildman–Crippen LogP) is 0.872. The third-order valence-electron chi connectivity index (χ3n) is 5.02. The van der Waals surface area contributed by atoms with Gasteiger partial charge in [-0.05, 0) is 17.7 Å². The van der Waals surface area contributed by atoms with Gasteiger partial charge in [0.05, 0.1) is 23.3 Å². The number of aromatic amines is 2. The molecule has 0 fully saturated rings. The summed E-state index contributed by atoms with van der Waals surface area (Å²) in [5.74, 6) is 0.159. The van der Waals surface area contributed by atoms with E-state index in [-0.39, 0.29) is 37.2 Å². The van der Waals surface area contributed by atoms with E-state index in [4.69, 9.17) is 4.74 Å². The standard InChI is InChI=1S/C21H18N8O4/c30-16-9-33-14-2-1-11(5-13(14)29-16)6-25-21(32)19-18-17(27-10-28-19)12(7-24-18)20(31)26-8-15-22-3-4-23-15/h1-5,7,10,24H,6,8-9H2,(H,22,23)(H,25,32)(H,26,31)(H,29,30). The minimum Gasteiger partial charge on any atom is -0.482 e. The van der Waals surface area contributed by atoms with Gasteiger partial charge in [-0.2, -0.15) is 0 Å². The molecule has 4 heterocycles. The van der Waals surface area contributed by atoms with Crippen molar-refractivity contribution in [2.45, 2.75) is 13.1 Å². The summed E-state index contributed by atoms with van der Waals surface area (Å²) in [7, 11) is 0. The summed E-state index contributed by atoms with van der Waals surface area (Å²) in [6.45, 7) is 0.402. The van der Waals surface area contributed by atoms with Crippen molar-refractivity contribution >= 4 is 34.4 Å². The predicted molar refractivity (Wildman–Crippen MR) is 115 cm³/mol. The van der Waals surface area contributed by atoms with Crippen LogP contribution in [-0.4, -0.2) is 49.2 Å². The molecule has 5 N–H and O–H groups in total. The third-order valence-corrected chi connectivity index (χ3v) is 5.02. The number of nitrogens with zero attached hydrogens (tertiary/aromatic N) is 3. The fourth-order valence-electron chi connectivity index (χ4n) is 3.44. The number of ether oxygens (including phenoxy) is 1. The summed E-state index contributed by atoms with van der Waals surface area (Å²) in [5, 5.41) is 8.27. The van der Waals surface area contributed by atoms with Crippen LogP contribution >= 0.6 is 0 Å². The van der Waals surface area contributed by atoms with Crippen molar-refractivity contribution in [1.29, 1.82) is 0 Å². The quantitative estimate of drug-likeness (QED) is 0.293. The summed E-state index contributed by atoms with van der Waals surface area (Å²) in [5.41, 5.74) is 2.41. The van der Waals surface area contributed by atoms with Crippen LogP contribution in [0.15, 0.2) is 43.1 Å². The van der Waals surface area contributed by atoms with Crippen molar-refractivity contribution in [3.8, 4) is 5.75 Å². The topological polar surface area (TPSA) is 167 Å². The molecule has 5 rings (SSSR count). The molecule has 0 spiro atoms. The minimum absolute atomic E-state index is 0.0220. The first-order valence-corrected chi connectivity index (χ1v) is 10.0. The SMILES string of the molecule is O=C1COc2ccc(CNC(=O)c3ncnc4c(C(=O)NCc5ncc[nH]5)c[nH]c34)cc2N1. The number of carbonyl (C=O) groups is 3. The highest BCUT2D eigenvalue weighted by molar-refractivity contribution is 6.10. The summed E-state index contributed by atoms with van der Waals surface area (Å²) in [4.78, 5) is 55.0. The van der Waals surface area contributed by atoms with Gasteiger partial charge in [-0.15, -0.1) is 0 Å².